The Morgan fingerprint density at radius 3 is 1.18 bits per heavy atom. The van der Waals surface area contributed by atoms with Crippen LogP contribution in [0.5, 0.6) is 0 Å². The van der Waals surface area contributed by atoms with Gasteiger partial charge in [0.25, 0.3) is 0 Å². The van der Waals surface area contributed by atoms with Gasteiger partial charge in [-0.3, -0.25) is 0 Å². The van der Waals surface area contributed by atoms with Gasteiger partial charge in [-0.15, -0.1) is 0 Å². The molecule has 0 N–H and O–H groups in total. The Labute approximate surface area is 473 Å². The van der Waals surface area contributed by atoms with Gasteiger partial charge in [-0.2, -0.15) is 10.5 Å². The molecule has 0 saturated heterocycles. The van der Waals surface area contributed by atoms with Crippen molar-refractivity contribution in [3.8, 4) is 46.0 Å². The number of fused-ring (bicyclic) bond motifs is 19. The summed E-state index contributed by atoms with van der Waals surface area (Å²) in [6, 6.07) is 95.4. The maximum Gasteiger partial charge on any atom is 0.160 e. The molecule has 18 rings (SSSR count). The molecule has 0 aliphatic carbocycles. The van der Waals surface area contributed by atoms with E-state index in [1.165, 1.54) is 16.2 Å². The number of para-hydroxylation sites is 7. The summed E-state index contributed by atoms with van der Waals surface area (Å²) in [5, 5.41) is 40.5. The molecular weight excluding hydrogens is 1010 g/mol. The highest BCUT2D eigenvalue weighted by Gasteiger charge is 2.35. The zero-order chi connectivity index (χ0) is 54.6. The van der Waals surface area contributed by atoms with Gasteiger partial charge in [0.1, 0.15) is 28.8 Å². The quantitative estimate of drug-likeness (QED) is 0.161. The van der Waals surface area contributed by atoms with E-state index < -0.39 is 0 Å². The summed E-state index contributed by atoms with van der Waals surface area (Å²) < 4.78 is 16.2. The lowest BCUT2D eigenvalue weighted by molar-refractivity contribution is 0.671. The number of furan rings is 1. The van der Waals surface area contributed by atoms with Gasteiger partial charge in [0.2, 0.25) is 0 Å². The third-order valence-electron chi connectivity index (χ3n) is 17.6. The van der Waals surface area contributed by atoms with Crippen LogP contribution in [0.2, 0.25) is 0 Å². The SMILES string of the molecule is N#Cc1c(-n2c3ccccc3c3ccccc32)c(-n2c3ccccc3c3ccccc32)c(C#N)c(-n2c3ccc(-c4cccc5c4ccc4ccccc45)cc3c3ccc4c5ccccc5oc4c32)c1-n1c2ccccc2c2ccccc21. The smallest absolute Gasteiger partial charge is 0.160 e. The van der Waals surface area contributed by atoms with E-state index in [9.17, 15) is 10.5 Å². The molecule has 7 heteroatoms. The molecule has 5 aromatic heterocycles. The molecular formula is C76H42N6O. The van der Waals surface area contributed by atoms with Crippen molar-refractivity contribution < 1.29 is 4.42 Å². The fourth-order valence-electron chi connectivity index (χ4n) is 14.2. The Morgan fingerprint density at radius 1 is 0.277 bits per heavy atom. The fraction of sp³-hybridized carbons (Fsp3) is 0. The number of hydrogen-bond acceptors (Lipinski definition) is 3. The molecule has 0 bridgehead atoms. The third kappa shape index (κ3) is 6.04. The van der Waals surface area contributed by atoms with Gasteiger partial charge in [0.15, 0.2) is 5.58 Å². The Morgan fingerprint density at radius 2 is 0.675 bits per heavy atom. The van der Waals surface area contributed by atoms with Gasteiger partial charge in [-0.25, -0.2) is 0 Å². The largest absolute Gasteiger partial charge is 0.454 e. The highest BCUT2D eigenvalue weighted by molar-refractivity contribution is 6.24. The van der Waals surface area contributed by atoms with Crippen LogP contribution in [0.1, 0.15) is 11.1 Å². The standard InChI is InChI=1S/C76H42N6O/c77-43-61-71(79-63-29-10-3-20-51(63)52-21-4-11-30-64(52)79)72(80-65-31-12-5-22-53(65)54-23-6-13-32-66(54)80)62(44-78)74(73(61)81-67-33-14-7-24-55(67)56-25-8-15-34-68(56)81)82-69-41-37-46(48-27-17-28-49-47-19-2-1-18-45(47)36-38-50(48)49)42-60(69)58-39-40-59-57-26-9-16-35-70(57)83-76(59)75(58)82/h1-42H. The zero-order valence-corrected chi connectivity index (χ0v) is 44.3. The first kappa shape index (κ1) is 45.2. The molecule has 13 aromatic carbocycles. The second-order valence-electron chi connectivity index (χ2n) is 21.7. The third-order valence-corrected chi connectivity index (χ3v) is 17.6. The number of rotatable bonds is 5. The number of benzene rings is 13. The number of nitriles is 2. The van der Waals surface area contributed by atoms with Crippen LogP contribution in [0.3, 0.4) is 0 Å². The minimum atomic E-state index is 0.376. The maximum absolute atomic E-state index is 12.9. The summed E-state index contributed by atoms with van der Waals surface area (Å²) in [5.74, 6) is 0. The lowest BCUT2D eigenvalue weighted by Gasteiger charge is -2.27. The van der Waals surface area contributed by atoms with Crippen molar-refractivity contribution in [2.75, 3.05) is 0 Å². The lowest BCUT2D eigenvalue weighted by Crippen LogP contribution is -2.16. The van der Waals surface area contributed by atoms with Gasteiger partial charge >= 0.3 is 0 Å². The molecule has 5 heterocycles. The van der Waals surface area contributed by atoms with Crippen LogP contribution in [0.25, 0.3) is 165 Å². The highest BCUT2D eigenvalue weighted by atomic mass is 16.3. The number of hydrogen-bond donors (Lipinski definition) is 0. The van der Waals surface area contributed by atoms with E-state index in [0.29, 0.717) is 39.5 Å². The normalized spacial score (nSPS) is 12.1. The van der Waals surface area contributed by atoms with Gasteiger partial charge < -0.3 is 22.7 Å². The van der Waals surface area contributed by atoms with Crippen LogP contribution >= 0.6 is 0 Å². The fourth-order valence-corrected chi connectivity index (χ4v) is 14.2. The minimum Gasteiger partial charge on any atom is -0.454 e. The van der Waals surface area contributed by atoms with Crippen molar-refractivity contribution in [2.45, 2.75) is 0 Å². The van der Waals surface area contributed by atoms with Crippen LogP contribution in [0.4, 0.5) is 0 Å². The van der Waals surface area contributed by atoms with Gasteiger partial charge in [-0.1, -0.05) is 194 Å². The molecule has 0 fully saturated rings. The first-order valence-corrected chi connectivity index (χ1v) is 28.0. The number of aromatic nitrogens is 4. The molecule has 0 amide bonds. The molecule has 0 radical (unpaired) electrons. The molecule has 0 atom stereocenters. The summed E-state index contributed by atoms with van der Waals surface area (Å²) in [5.41, 5.74) is 13.7. The summed E-state index contributed by atoms with van der Waals surface area (Å²) in [4.78, 5) is 0. The molecule has 7 nitrogen and oxygen atoms in total. The Bertz CT molecular complexity index is 5820. The average molecular weight is 1060 g/mol. The molecule has 0 spiro atoms. The monoisotopic (exact) mass is 1050 g/mol. The van der Waals surface area contributed by atoms with Gasteiger partial charge in [0.05, 0.1) is 66.9 Å². The summed E-state index contributed by atoms with van der Waals surface area (Å²) >= 11 is 0. The van der Waals surface area contributed by atoms with Crippen molar-refractivity contribution in [1.29, 1.82) is 10.5 Å². The summed E-state index contributed by atoms with van der Waals surface area (Å²) in [7, 11) is 0. The van der Waals surface area contributed by atoms with Crippen LogP contribution < -0.4 is 0 Å². The average Bonchev–Trinajstić information content (AvgIpc) is 2.38. The number of nitrogens with zero attached hydrogens (tertiary/aromatic N) is 6. The van der Waals surface area contributed by atoms with E-state index in [1.54, 1.807) is 0 Å². The van der Waals surface area contributed by atoms with Crippen molar-refractivity contribution in [1.82, 2.24) is 18.3 Å². The molecule has 382 valence electrons. The van der Waals surface area contributed by atoms with E-state index in [-0.39, 0.29) is 0 Å². The maximum atomic E-state index is 12.9. The minimum absolute atomic E-state index is 0.376. The topological polar surface area (TPSA) is 80.4 Å². The Hall–Kier alpha value is -11.6. The second kappa shape index (κ2) is 16.9. The second-order valence-corrected chi connectivity index (χ2v) is 21.7. The molecule has 83 heavy (non-hydrogen) atoms. The van der Waals surface area contributed by atoms with E-state index in [2.05, 4.69) is 273 Å². The molecule has 0 aliphatic rings. The van der Waals surface area contributed by atoms with Crippen LogP contribution in [-0.2, 0) is 0 Å². The first-order valence-electron chi connectivity index (χ1n) is 28.0. The van der Waals surface area contributed by atoms with Crippen LogP contribution in [0.15, 0.2) is 259 Å². The molecule has 0 saturated carbocycles. The van der Waals surface area contributed by atoms with Crippen LogP contribution in [-0.4, -0.2) is 18.3 Å². The first-order chi connectivity index (χ1) is 41.2. The van der Waals surface area contributed by atoms with E-state index in [0.717, 1.165) is 120 Å². The van der Waals surface area contributed by atoms with Crippen molar-refractivity contribution in [3.05, 3.63) is 266 Å². The van der Waals surface area contributed by atoms with Gasteiger partial charge in [-0.05, 0) is 93.3 Å². The van der Waals surface area contributed by atoms with E-state index in [4.69, 9.17) is 4.42 Å². The van der Waals surface area contributed by atoms with Gasteiger partial charge in [0, 0.05) is 53.9 Å². The van der Waals surface area contributed by atoms with Crippen LogP contribution in [0, 0.1) is 22.7 Å². The summed E-state index contributed by atoms with van der Waals surface area (Å²) in [6.45, 7) is 0. The lowest BCUT2D eigenvalue weighted by atomic mass is 9.94. The predicted octanol–water partition coefficient (Wildman–Crippen LogP) is 19.7. The van der Waals surface area contributed by atoms with Crippen molar-refractivity contribution in [3.63, 3.8) is 0 Å². The predicted molar refractivity (Wildman–Crippen MR) is 341 cm³/mol. The highest BCUT2D eigenvalue weighted by Crippen LogP contribution is 2.50. The Kier molecular flexibility index (Phi) is 9.23. The summed E-state index contributed by atoms with van der Waals surface area (Å²) in [6.07, 6.45) is 0. The van der Waals surface area contributed by atoms with E-state index >= 15 is 0 Å². The van der Waals surface area contributed by atoms with E-state index in [1.807, 2.05) is 12.1 Å². The van der Waals surface area contributed by atoms with Crippen molar-refractivity contribution in [2.24, 2.45) is 0 Å². The molecule has 0 aliphatic heterocycles. The Balaban J connectivity index is 1.11. The zero-order valence-electron chi connectivity index (χ0n) is 44.3. The molecule has 18 aromatic rings. The van der Waals surface area contributed by atoms with Crippen molar-refractivity contribution >= 4 is 131 Å². The molecule has 0 unspecified atom stereocenters.